The lowest BCUT2D eigenvalue weighted by atomic mass is 10.3. The second-order valence-corrected chi connectivity index (χ2v) is 3.06. The summed E-state index contributed by atoms with van der Waals surface area (Å²) in [4.78, 5) is 10.3. The molecular formula is C8H8O3S. The molecule has 0 unspecified atom stereocenters. The minimum atomic E-state index is -0.342. The molecule has 4 heteroatoms. The lowest BCUT2D eigenvalue weighted by molar-refractivity contribution is 0.474. The van der Waals surface area contributed by atoms with E-state index in [1.54, 1.807) is 6.07 Å². The minimum absolute atomic E-state index is 0. The van der Waals surface area contributed by atoms with Crippen LogP contribution in [-0.4, -0.2) is 5.11 Å². The van der Waals surface area contributed by atoms with Gasteiger partial charge in [0.05, 0.1) is 4.70 Å². The summed E-state index contributed by atoms with van der Waals surface area (Å²) >= 11 is 1.03. The SMILES string of the molecule is C.O=c1oc2cc(O)ccc2s1. The van der Waals surface area contributed by atoms with Crippen LogP contribution in [0.2, 0.25) is 0 Å². The van der Waals surface area contributed by atoms with E-state index in [-0.39, 0.29) is 18.1 Å². The van der Waals surface area contributed by atoms with E-state index in [1.165, 1.54) is 12.1 Å². The van der Waals surface area contributed by atoms with Crippen LogP contribution in [-0.2, 0) is 0 Å². The minimum Gasteiger partial charge on any atom is -0.508 e. The van der Waals surface area contributed by atoms with Crippen molar-refractivity contribution in [1.29, 1.82) is 0 Å². The Morgan fingerprint density at radius 1 is 1.42 bits per heavy atom. The Bertz CT molecular complexity index is 441. The first kappa shape index (κ1) is 8.80. The van der Waals surface area contributed by atoms with E-state index in [4.69, 9.17) is 9.52 Å². The number of fused-ring (bicyclic) bond motifs is 1. The molecule has 0 bridgehead atoms. The molecule has 1 aromatic heterocycles. The van der Waals surface area contributed by atoms with Crippen LogP contribution >= 0.6 is 11.3 Å². The van der Waals surface area contributed by atoms with Crippen LogP contribution in [0.15, 0.2) is 27.4 Å². The van der Waals surface area contributed by atoms with Gasteiger partial charge in [-0.15, -0.1) is 0 Å². The third-order valence-electron chi connectivity index (χ3n) is 1.31. The number of phenols is 1. The second-order valence-electron chi connectivity index (χ2n) is 2.09. The molecule has 0 radical (unpaired) electrons. The van der Waals surface area contributed by atoms with Crippen LogP contribution < -0.4 is 4.94 Å². The maximum atomic E-state index is 10.7. The van der Waals surface area contributed by atoms with Crippen LogP contribution in [0.3, 0.4) is 0 Å². The summed E-state index contributed by atoms with van der Waals surface area (Å²) in [6, 6.07) is 4.60. The van der Waals surface area contributed by atoms with Crippen molar-refractivity contribution >= 4 is 21.6 Å². The molecule has 2 aromatic rings. The van der Waals surface area contributed by atoms with Crippen molar-refractivity contribution in [3.63, 3.8) is 0 Å². The van der Waals surface area contributed by atoms with Gasteiger partial charge in [-0.1, -0.05) is 18.8 Å². The van der Waals surface area contributed by atoms with Gasteiger partial charge in [0, 0.05) is 6.07 Å². The molecule has 64 valence electrons. The number of phenolic OH excluding ortho intramolecular Hbond substituents is 1. The van der Waals surface area contributed by atoms with Gasteiger partial charge in [0.1, 0.15) is 5.75 Å². The van der Waals surface area contributed by atoms with Crippen LogP contribution in [0, 0.1) is 0 Å². The molecule has 0 aliphatic carbocycles. The molecule has 0 amide bonds. The van der Waals surface area contributed by atoms with Crippen molar-refractivity contribution in [2.45, 2.75) is 7.43 Å². The number of rotatable bonds is 0. The summed E-state index contributed by atoms with van der Waals surface area (Å²) in [5.74, 6) is 0.110. The highest BCUT2D eigenvalue weighted by molar-refractivity contribution is 7.16. The highest BCUT2D eigenvalue weighted by Crippen LogP contribution is 2.21. The van der Waals surface area contributed by atoms with E-state index in [2.05, 4.69) is 0 Å². The molecule has 0 atom stereocenters. The summed E-state index contributed by atoms with van der Waals surface area (Å²) in [6.07, 6.45) is 0. The van der Waals surface area contributed by atoms with Crippen LogP contribution in [0.1, 0.15) is 7.43 Å². The van der Waals surface area contributed by atoms with E-state index in [1.807, 2.05) is 0 Å². The first-order valence-corrected chi connectivity index (χ1v) is 3.80. The van der Waals surface area contributed by atoms with E-state index < -0.39 is 0 Å². The predicted octanol–water partition coefficient (Wildman–Crippen LogP) is 2.20. The third-order valence-corrected chi connectivity index (χ3v) is 2.12. The molecule has 1 N–H and O–H groups in total. The van der Waals surface area contributed by atoms with Gasteiger partial charge in [-0.3, -0.25) is 0 Å². The van der Waals surface area contributed by atoms with E-state index in [0.717, 1.165) is 16.0 Å². The maximum Gasteiger partial charge on any atom is 0.396 e. The van der Waals surface area contributed by atoms with Gasteiger partial charge in [0.15, 0.2) is 5.58 Å². The topological polar surface area (TPSA) is 50.4 Å². The Morgan fingerprint density at radius 3 is 2.92 bits per heavy atom. The molecular weight excluding hydrogens is 176 g/mol. The first-order chi connectivity index (χ1) is 5.25. The van der Waals surface area contributed by atoms with Crippen molar-refractivity contribution in [3.05, 3.63) is 27.9 Å². The summed E-state index contributed by atoms with van der Waals surface area (Å²) in [7, 11) is 0. The molecule has 0 aliphatic heterocycles. The van der Waals surface area contributed by atoms with E-state index in [9.17, 15) is 4.79 Å². The summed E-state index contributed by atoms with van der Waals surface area (Å²) in [6.45, 7) is 0. The average Bonchev–Trinajstić information content (AvgIpc) is 2.27. The number of hydrogen-bond acceptors (Lipinski definition) is 4. The second kappa shape index (κ2) is 2.98. The predicted molar refractivity (Wildman–Crippen MR) is 48.8 cm³/mol. The zero-order valence-corrected chi connectivity index (χ0v) is 6.22. The zero-order chi connectivity index (χ0) is 7.84. The van der Waals surface area contributed by atoms with Crippen LogP contribution in [0.25, 0.3) is 10.3 Å². The lowest BCUT2D eigenvalue weighted by Gasteiger charge is -1.87. The van der Waals surface area contributed by atoms with Crippen molar-refractivity contribution in [1.82, 2.24) is 0 Å². The fourth-order valence-electron chi connectivity index (χ4n) is 0.861. The largest absolute Gasteiger partial charge is 0.508 e. The summed E-state index contributed by atoms with van der Waals surface area (Å²) < 4.78 is 5.51. The van der Waals surface area contributed by atoms with Gasteiger partial charge in [-0.2, -0.15) is 0 Å². The summed E-state index contributed by atoms with van der Waals surface area (Å²) in [5.41, 5.74) is 0.444. The molecule has 0 fully saturated rings. The third kappa shape index (κ3) is 1.33. The molecule has 1 aromatic carbocycles. The fraction of sp³-hybridized carbons (Fsp3) is 0.125. The highest BCUT2D eigenvalue weighted by atomic mass is 32.1. The molecule has 1 heterocycles. The molecule has 0 saturated heterocycles. The quantitative estimate of drug-likeness (QED) is 0.682. The normalized spacial score (nSPS) is 9.67. The van der Waals surface area contributed by atoms with E-state index >= 15 is 0 Å². The molecule has 0 aliphatic rings. The van der Waals surface area contributed by atoms with E-state index in [0.29, 0.717) is 5.58 Å². The molecule has 3 nitrogen and oxygen atoms in total. The monoisotopic (exact) mass is 184 g/mol. The first-order valence-electron chi connectivity index (χ1n) is 2.98. The Hall–Kier alpha value is -1.29. The molecule has 12 heavy (non-hydrogen) atoms. The average molecular weight is 184 g/mol. The molecule has 0 saturated carbocycles. The summed E-state index contributed by atoms with van der Waals surface area (Å²) in [5, 5.41) is 8.98. The molecule has 2 rings (SSSR count). The number of aromatic hydroxyl groups is 1. The van der Waals surface area contributed by atoms with Crippen LogP contribution in [0.5, 0.6) is 5.75 Å². The zero-order valence-electron chi connectivity index (χ0n) is 5.40. The number of hydrogen-bond donors (Lipinski definition) is 1. The maximum absolute atomic E-state index is 10.7. The Labute approximate surface area is 72.9 Å². The fourth-order valence-corrected chi connectivity index (χ4v) is 1.51. The number of benzene rings is 1. The van der Waals surface area contributed by atoms with Gasteiger partial charge >= 0.3 is 4.94 Å². The highest BCUT2D eigenvalue weighted by Gasteiger charge is 2.00. The van der Waals surface area contributed by atoms with Gasteiger partial charge in [-0.05, 0) is 12.1 Å². The van der Waals surface area contributed by atoms with Crippen molar-refractivity contribution in [2.24, 2.45) is 0 Å². The Kier molecular flexibility index (Phi) is 2.19. The molecule has 0 spiro atoms. The van der Waals surface area contributed by atoms with Crippen LogP contribution in [0.4, 0.5) is 0 Å². The Balaban J connectivity index is 0.000000720. The van der Waals surface area contributed by atoms with Crippen molar-refractivity contribution in [2.75, 3.05) is 0 Å². The lowest BCUT2D eigenvalue weighted by Crippen LogP contribution is -1.79. The van der Waals surface area contributed by atoms with Gasteiger partial charge in [0.2, 0.25) is 0 Å². The standard InChI is InChI=1S/C7H4O3S.CH4/c8-4-1-2-6-5(3-4)10-7(9)11-6;/h1-3,8H;1H4. The van der Waals surface area contributed by atoms with Gasteiger partial charge in [0.25, 0.3) is 0 Å². The van der Waals surface area contributed by atoms with Gasteiger partial charge < -0.3 is 9.52 Å². The van der Waals surface area contributed by atoms with Crippen molar-refractivity contribution in [3.8, 4) is 5.75 Å². The van der Waals surface area contributed by atoms with Crippen molar-refractivity contribution < 1.29 is 9.52 Å². The van der Waals surface area contributed by atoms with Gasteiger partial charge in [-0.25, -0.2) is 4.79 Å². The Morgan fingerprint density at radius 2 is 2.17 bits per heavy atom. The smallest absolute Gasteiger partial charge is 0.396 e.